The highest BCUT2D eigenvalue weighted by molar-refractivity contribution is 5.87. The molecule has 0 aliphatic carbocycles. The molecule has 0 fully saturated rings. The van der Waals surface area contributed by atoms with E-state index in [2.05, 4.69) is 41.0 Å². The Bertz CT molecular complexity index is 459. The fourth-order valence-electron chi connectivity index (χ4n) is 1.53. The summed E-state index contributed by atoms with van der Waals surface area (Å²) in [4.78, 5) is 12.0. The van der Waals surface area contributed by atoms with E-state index in [1.165, 1.54) is 0 Å². The van der Waals surface area contributed by atoms with E-state index in [-0.39, 0.29) is 0 Å². The van der Waals surface area contributed by atoms with Crippen molar-refractivity contribution in [3.63, 3.8) is 0 Å². The lowest BCUT2D eigenvalue weighted by molar-refractivity contribution is 0.876. The molecular weight excluding hydrogens is 188 g/mol. The van der Waals surface area contributed by atoms with Crippen molar-refractivity contribution < 1.29 is 0 Å². The number of aromatic amines is 1. The van der Waals surface area contributed by atoms with Gasteiger partial charge < -0.3 is 10.3 Å². The number of anilines is 1. The second-order valence-electron chi connectivity index (χ2n) is 3.88. The van der Waals surface area contributed by atoms with Crippen molar-refractivity contribution >= 4 is 16.9 Å². The van der Waals surface area contributed by atoms with Gasteiger partial charge >= 0.3 is 0 Å². The van der Waals surface area contributed by atoms with Crippen molar-refractivity contribution in [2.45, 2.75) is 33.2 Å². The molecule has 0 saturated heterocycles. The van der Waals surface area contributed by atoms with Gasteiger partial charge in [0.2, 0.25) is 0 Å². The van der Waals surface area contributed by atoms with Crippen molar-refractivity contribution in [2.75, 3.05) is 5.32 Å². The molecular formula is C11H16N4. The number of fused-ring (bicyclic) bond motifs is 1. The van der Waals surface area contributed by atoms with E-state index in [1.807, 2.05) is 12.3 Å². The number of hydrogen-bond donors (Lipinski definition) is 2. The van der Waals surface area contributed by atoms with Gasteiger partial charge in [-0.15, -0.1) is 0 Å². The molecule has 4 heteroatoms. The topological polar surface area (TPSA) is 53.6 Å². The SMILES string of the molecule is CCc1nc(NC(C)C)c2cc[nH]c2n1. The first kappa shape index (κ1) is 9.96. The van der Waals surface area contributed by atoms with E-state index in [0.717, 1.165) is 29.1 Å². The van der Waals surface area contributed by atoms with E-state index in [9.17, 15) is 0 Å². The molecule has 0 unspecified atom stereocenters. The zero-order chi connectivity index (χ0) is 10.8. The summed E-state index contributed by atoms with van der Waals surface area (Å²) < 4.78 is 0. The molecule has 2 N–H and O–H groups in total. The van der Waals surface area contributed by atoms with Gasteiger partial charge in [-0.25, -0.2) is 9.97 Å². The molecule has 4 nitrogen and oxygen atoms in total. The first-order chi connectivity index (χ1) is 7.20. The standard InChI is InChI=1S/C11H16N4/c1-4-9-14-10-8(5-6-12-10)11(15-9)13-7(2)3/h5-7H,4H2,1-3H3,(H2,12,13,14,15). The quantitative estimate of drug-likeness (QED) is 0.806. The lowest BCUT2D eigenvalue weighted by Crippen LogP contribution is -2.12. The van der Waals surface area contributed by atoms with Crippen LogP contribution in [-0.4, -0.2) is 21.0 Å². The van der Waals surface area contributed by atoms with Crippen molar-refractivity contribution in [3.05, 3.63) is 18.1 Å². The minimum atomic E-state index is 0.378. The molecule has 0 amide bonds. The summed E-state index contributed by atoms with van der Waals surface area (Å²) in [6.07, 6.45) is 2.74. The van der Waals surface area contributed by atoms with E-state index < -0.39 is 0 Å². The smallest absolute Gasteiger partial charge is 0.143 e. The Balaban J connectivity index is 2.53. The Morgan fingerprint density at radius 3 is 2.87 bits per heavy atom. The van der Waals surface area contributed by atoms with E-state index in [1.54, 1.807) is 0 Å². The summed E-state index contributed by atoms with van der Waals surface area (Å²) in [5, 5.41) is 4.39. The van der Waals surface area contributed by atoms with Crippen LogP contribution in [-0.2, 0) is 6.42 Å². The summed E-state index contributed by atoms with van der Waals surface area (Å²) in [5.41, 5.74) is 0.907. The monoisotopic (exact) mass is 204 g/mol. The molecule has 2 aromatic heterocycles. The van der Waals surface area contributed by atoms with E-state index in [0.29, 0.717) is 6.04 Å². The Kier molecular flexibility index (Phi) is 2.58. The number of nitrogens with zero attached hydrogens (tertiary/aromatic N) is 2. The zero-order valence-corrected chi connectivity index (χ0v) is 9.33. The van der Waals surface area contributed by atoms with Crippen molar-refractivity contribution in [1.29, 1.82) is 0 Å². The van der Waals surface area contributed by atoms with Gasteiger partial charge in [0.15, 0.2) is 0 Å². The minimum absolute atomic E-state index is 0.378. The third-order valence-corrected chi connectivity index (χ3v) is 2.20. The average molecular weight is 204 g/mol. The maximum atomic E-state index is 4.49. The number of H-pyrrole nitrogens is 1. The second-order valence-corrected chi connectivity index (χ2v) is 3.88. The fraction of sp³-hybridized carbons (Fsp3) is 0.455. The highest BCUT2D eigenvalue weighted by Gasteiger charge is 2.07. The number of hydrogen-bond acceptors (Lipinski definition) is 3. The van der Waals surface area contributed by atoms with Gasteiger partial charge in [-0.3, -0.25) is 0 Å². The van der Waals surface area contributed by atoms with Crippen LogP contribution in [0.25, 0.3) is 11.0 Å². The molecule has 0 bridgehead atoms. The second kappa shape index (κ2) is 3.88. The van der Waals surface area contributed by atoms with Crippen LogP contribution in [0.5, 0.6) is 0 Å². The van der Waals surface area contributed by atoms with E-state index in [4.69, 9.17) is 0 Å². The molecule has 2 rings (SSSR count). The molecule has 15 heavy (non-hydrogen) atoms. The van der Waals surface area contributed by atoms with Crippen molar-refractivity contribution in [2.24, 2.45) is 0 Å². The predicted molar refractivity (Wildman–Crippen MR) is 62.0 cm³/mol. The van der Waals surface area contributed by atoms with Crippen LogP contribution in [0, 0.1) is 0 Å². The highest BCUT2D eigenvalue weighted by atomic mass is 15.1. The molecule has 0 aromatic carbocycles. The van der Waals surface area contributed by atoms with Gasteiger partial charge in [-0.1, -0.05) is 6.92 Å². The summed E-state index contributed by atoms with van der Waals surface area (Å²) in [7, 11) is 0. The molecule has 0 atom stereocenters. The van der Waals surface area contributed by atoms with Gasteiger partial charge in [0.25, 0.3) is 0 Å². The Labute approximate surface area is 89.1 Å². The van der Waals surface area contributed by atoms with Crippen molar-refractivity contribution in [3.8, 4) is 0 Å². The molecule has 0 aliphatic rings. The van der Waals surface area contributed by atoms with Gasteiger partial charge in [0, 0.05) is 18.7 Å². The molecule has 0 aliphatic heterocycles. The number of aromatic nitrogens is 3. The van der Waals surface area contributed by atoms with Gasteiger partial charge in [-0.2, -0.15) is 0 Å². The number of rotatable bonds is 3. The number of aryl methyl sites for hydroxylation is 1. The van der Waals surface area contributed by atoms with Crippen LogP contribution in [0.2, 0.25) is 0 Å². The largest absolute Gasteiger partial charge is 0.367 e. The molecule has 0 radical (unpaired) electrons. The molecule has 2 aromatic rings. The first-order valence-corrected chi connectivity index (χ1v) is 5.31. The molecule has 0 spiro atoms. The summed E-state index contributed by atoms with van der Waals surface area (Å²) in [6.45, 7) is 6.27. The maximum Gasteiger partial charge on any atom is 0.143 e. The van der Waals surface area contributed by atoms with Crippen LogP contribution in [0.4, 0.5) is 5.82 Å². The molecule has 0 saturated carbocycles. The van der Waals surface area contributed by atoms with Crippen molar-refractivity contribution in [1.82, 2.24) is 15.0 Å². The molecule has 80 valence electrons. The zero-order valence-electron chi connectivity index (χ0n) is 9.33. The third kappa shape index (κ3) is 1.93. The minimum Gasteiger partial charge on any atom is -0.367 e. The van der Waals surface area contributed by atoms with Crippen LogP contribution in [0.15, 0.2) is 12.3 Å². The van der Waals surface area contributed by atoms with Crippen LogP contribution in [0.3, 0.4) is 0 Å². The van der Waals surface area contributed by atoms with Gasteiger partial charge in [0.05, 0.1) is 5.39 Å². The van der Waals surface area contributed by atoms with Gasteiger partial charge in [0.1, 0.15) is 17.3 Å². The summed E-state index contributed by atoms with van der Waals surface area (Å²) in [6, 6.07) is 2.38. The van der Waals surface area contributed by atoms with E-state index >= 15 is 0 Å². The average Bonchev–Trinajstić information content (AvgIpc) is 2.64. The maximum absolute atomic E-state index is 4.49. The Morgan fingerprint density at radius 1 is 1.40 bits per heavy atom. The predicted octanol–water partition coefficient (Wildman–Crippen LogP) is 2.34. The third-order valence-electron chi connectivity index (χ3n) is 2.20. The van der Waals surface area contributed by atoms with Gasteiger partial charge in [-0.05, 0) is 19.9 Å². The normalized spacial score (nSPS) is 11.2. The molecule has 2 heterocycles. The number of nitrogens with one attached hydrogen (secondary N) is 2. The lowest BCUT2D eigenvalue weighted by Gasteiger charge is -2.10. The highest BCUT2D eigenvalue weighted by Crippen LogP contribution is 2.19. The van der Waals surface area contributed by atoms with Crippen LogP contribution in [0.1, 0.15) is 26.6 Å². The lowest BCUT2D eigenvalue weighted by atomic mass is 10.3. The van der Waals surface area contributed by atoms with Crippen LogP contribution >= 0.6 is 0 Å². The Morgan fingerprint density at radius 2 is 2.20 bits per heavy atom. The summed E-state index contributed by atoms with van der Waals surface area (Å²) in [5.74, 6) is 1.79. The van der Waals surface area contributed by atoms with Crippen LogP contribution < -0.4 is 5.32 Å². The first-order valence-electron chi connectivity index (χ1n) is 5.31. The fourth-order valence-corrected chi connectivity index (χ4v) is 1.53. The Hall–Kier alpha value is -1.58. The summed E-state index contributed by atoms with van der Waals surface area (Å²) >= 11 is 0.